The number of hydrogen-bond acceptors (Lipinski definition) is 6. The highest BCUT2D eigenvalue weighted by molar-refractivity contribution is 6.15. The van der Waals surface area contributed by atoms with Crippen molar-refractivity contribution in [1.29, 1.82) is 0 Å². The summed E-state index contributed by atoms with van der Waals surface area (Å²) in [6.45, 7) is 5.14. The Morgan fingerprint density at radius 3 is 2.71 bits per heavy atom. The lowest BCUT2D eigenvalue weighted by Crippen LogP contribution is -2.59. The molecule has 2 N–H and O–H groups in total. The van der Waals surface area contributed by atoms with E-state index in [4.69, 9.17) is 4.74 Å². The SMILES string of the molecule is CC1(C(=O)NCC2(CN3CCCC3)CC2)Oc2ccc([N+](=O)[O-])cc2NC1=O. The lowest BCUT2D eigenvalue weighted by Gasteiger charge is -2.33. The number of nitro benzene ring substituents is 1. The Bertz CT molecular complexity index is 832. The van der Waals surface area contributed by atoms with Gasteiger partial charge in [0, 0.05) is 30.6 Å². The van der Waals surface area contributed by atoms with E-state index in [2.05, 4.69) is 15.5 Å². The molecule has 4 rings (SSSR count). The normalized spacial score (nSPS) is 25.4. The summed E-state index contributed by atoms with van der Waals surface area (Å²) in [6.07, 6.45) is 4.60. The lowest BCUT2D eigenvalue weighted by atomic mass is 10.00. The molecular weight excluding hydrogens is 364 g/mol. The molecule has 2 fully saturated rings. The van der Waals surface area contributed by atoms with Crippen molar-refractivity contribution >= 4 is 23.2 Å². The second-order valence-electron chi connectivity index (χ2n) is 8.19. The van der Waals surface area contributed by atoms with Gasteiger partial charge in [-0.05, 0) is 51.8 Å². The van der Waals surface area contributed by atoms with Crippen molar-refractivity contribution in [3.8, 4) is 5.75 Å². The molecule has 1 saturated carbocycles. The summed E-state index contributed by atoms with van der Waals surface area (Å²) >= 11 is 0. The molecule has 1 atom stereocenters. The van der Waals surface area contributed by atoms with Crippen LogP contribution in [0.3, 0.4) is 0 Å². The van der Waals surface area contributed by atoms with Gasteiger partial charge in [-0.25, -0.2) is 0 Å². The average Bonchev–Trinajstić information content (AvgIpc) is 3.23. The topological polar surface area (TPSA) is 114 Å². The van der Waals surface area contributed by atoms with E-state index in [1.165, 1.54) is 38.0 Å². The van der Waals surface area contributed by atoms with E-state index in [-0.39, 0.29) is 22.5 Å². The smallest absolute Gasteiger partial charge is 0.278 e. The van der Waals surface area contributed by atoms with Crippen LogP contribution in [0.1, 0.15) is 32.6 Å². The van der Waals surface area contributed by atoms with Crippen molar-refractivity contribution in [1.82, 2.24) is 10.2 Å². The number of likely N-dealkylation sites (tertiary alicyclic amines) is 1. The Balaban J connectivity index is 1.42. The van der Waals surface area contributed by atoms with Gasteiger partial charge in [0.2, 0.25) is 0 Å². The van der Waals surface area contributed by atoms with E-state index in [0.717, 1.165) is 32.5 Å². The van der Waals surface area contributed by atoms with E-state index in [1.807, 2.05) is 0 Å². The number of nitro groups is 1. The first-order valence-electron chi connectivity index (χ1n) is 9.61. The fourth-order valence-electron chi connectivity index (χ4n) is 3.89. The number of rotatable bonds is 6. The molecule has 2 heterocycles. The Hall–Kier alpha value is -2.68. The molecule has 1 saturated heterocycles. The van der Waals surface area contributed by atoms with Crippen molar-refractivity contribution < 1.29 is 19.2 Å². The van der Waals surface area contributed by atoms with Gasteiger partial charge in [0.1, 0.15) is 5.75 Å². The van der Waals surface area contributed by atoms with Crippen LogP contribution in [-0.4, -0.2) is 53.4 Å². The third kappa shape index (κ3) is 3.42. The summed E-state index contributed by atoms with van der Waals surface area (Å²) in [6, 6.07) is 3.90. The Morgan fingerprint density at radius 1 is 1.36 bits per heavy atom. The molecule has 1 aliphatic carbocycles. The average molecular weight is 388 g/mol. The van der Waals surface area contributed by atoms with Gasteiger partial charge in [0.05, 0.1) is 10.6 Å². The maximum absolute atomic E-state index is 12.8. The molecule has 1 aromatic rings. The van der Waals surface area contributed by atoms with Crippen molar-refractivity contribution in [2.24, 2.45) is 5.41 Å². The predicted molar refractivity (Wildman–Crippen MR) is 101 cm³/mol. The van der Waals surface area contributed by atoms with Crippen LogP contribution in [0.4, 0.5) is 11.4 Å². The van der Waals surface area contributed by atoms with Gasteiger partial charge in [-0.1, -0.05) is 0 Å². The third-order valence-electron chi connectivity index (χ3n) is 5.94. The quantitative estimate of drug-likeness (QED) is 0.435. The molecule has 0 aromatic heterocycles. The molecule has 2 aliphatic heterocycles. The molecule has 0 radical (unpaired) electrons. The number of ether oxygens (including phenoxy) is 1. The second-order valence-corrected chi connectivity index (χ2v) is 8.19. The minimum atomic E-state index is -1.72. The largest absolute Gasteiger partial charge is 0.466 e. The number of anilines is 1. The van der Waals surface area contributed by atoms with Crippen molar-refractivity contribution in [3.63, 3.8) is 0 Å². The van der Waals surface area contributed by atoms with Crippen molar-refractivity contribution in [3.05, 3.63) is 28.3 Å². The van der Waals surface area contributed by atoms with Crippen LogP contribution in [0.25, 0.3) is 0 Å². The molecule has 1 aromatic carbocycles. The van der Waals surface area contributed by atoms with Gasteiger partial charge < -0.3 is 20.3 Å². The van der Waals surface area contributed by atoms with Gasteiger partial charge in [-0.2, -0.15) is 0 Å². The molecular formula is C19H24N4O5. The van der Waals surface area contributed by atoms with Crippen LogP contribution >= 0.6 is 0 Å². The highest BCUT2D eigenvalue weighted by Crippen LogP contribution is 2.46. The number of fused-ring (bicyclic) bond motifs is 1. The summed E-state index contributed by atoms with van der Waals surface area (Å²) in [4.78, 5) is 38.1. The number of hydrogen-bond donors (Lipinski definition) is 2. The first-order valence-corrected chi connectivity index (χ1v) is 9.61. The van der Waals surface area contributed by atoms with Crippen LogP contribution in [0, 0.1) is 15.5 Å². The number of carbonyl (C=O) groups is 2. The fraction of sp³-hybridized carbons (Fsp3) is 0.579. The number of nitrogens with one attached hydrogen (secondary N) is 2. The van der Waals surface area contributed by atoms with Gasteiger partial charge in [0.25, 0.3) is 23.1 Å². The van der Waals surface area contributed by atoms with E-state index in [0.29, 0.717) is 6.54 Å². The van der Waals surface area contributed by atoms with Crippen molar-refractivity contribution in [2.75, 3.05) is 31.5 Å². The minimum Gasteiger partial charge on any atom is -0.466 e. The van der Waals surface area contributed by atoms with Gasteiger partial charge in [-0.15, -0.1) is 0 Å². The second kappa shape index (κ2) is 6.73. The lowest BCUT2D eigenvalue weighted by molar-refractivity contribution is -0.384. The summed E-state index contributed by atoms with van der Waals surface area (Å²) in [5.41, 5.74) is -1.59. The standard InChI is InChI=1S/C19H24N4O5/c1-18(16(24)20-11-19(6-7-19)12-22-8-2-3-9-22)17(25)21-14-10-13(23(26)27)4-5-15(14)28-18/h4-5,10H,2-3,6-9,11-12H2,1H3,(H,20,24)(H,21,25). The van der Waals surface area contributed by atoms with E-state index in [1.54, 1.807) is 0 Å². The van der Waals surface area contributed by atoms with E-state index < -0.39 is 22.3 Å². The van der Waals surface area contributed by atoms with E-state index in [9.17, 15) is 19.7 Å². The van der Waals surface area contributed by atoms with Gasteiger partial charge in [0.15, 0.2) is 0 Å². The minimum absolute atomic E-state index is 0.0972. The highest BCUT2D eigenvalue weighted by Gasteiger charge is 2.50. The highest BCUT2D eigenvalue weighted by atomic mass is 16.6. The first kappa shape index (κ1) is 18.7. The summed E-state index contributed by atoms with van der Waals surface area (Å²) in [5, 5.41) is 16.4. The fourth-order valence-corrected chi connectivity index (χ4v) is 3.89. The summed E-state index contributed by atoms with van der Waals surface area (Å²) in [5.74, 6) is -0.898. The summed E-state index contributed by atoms with van der Waals surface area (Å²) in [7, 11) is 0. The molecule has 9 heteroatoms. The predicted octanol–water partition coefficient (Wildman–Crippen LogP) is 1.68. The van der Waals surface area contributed by atoms with Crippen molar-refractivity contribution in [2.45, 2.75) is 38.2 Å². The zero-order chi connectivity index (χ0) is 19.9. The number of non-ortho nitro benzene ring substituents is 1. The number of nitrogens with zero attached hydrogens (tertiary/aromatic N) is 2. The molecule has 2 amide bonds. The molecule has 0 spiro atoms. The zero-order valence-electron chi connectivity index (χ0n) is 15.8. The number of benzene rings is 1. The molecule has 0 bridgehead atoms. The molecule has 3 aliphatic rings. The monoisotopic (exact) mass is 388 g/mol. The van der Waals surface area contributed by atoms with Crippen LogP contribution in [0.15, 0.2) is 18.2 Å². The van der Waals surface area contributed by atoms with E-state index >= 15 is 0 Å². The molecule has 150 valence electrons. The van der Waals surface area contributed by atoms with Crippen LogP contribution in [0.2, 0.25) is 0 Å². The maximum atomic E-state index is 12.8. The number of carbonyl (C=O) groups excluding carboxylic acids is 2. The first-order chi connectivity index (χ1) is 13.3. The van der Waals surface area contributed by atoms with Crippen LogP contribution in [0.5, 0.6) is 5.75 Å². The molecule has 1 unspecified atom stereocenters. The molecule has 28 heavy (non-hydrogen) atoms. The number of amides is 2. The third-order valence-corrected chi connectivity index (χ3v) is 5.94. The van der Waals surface area contributed by atoms with Gasteiger partial charge >= 0.3 is 0 Å². The van der Waals surface area contributed by atoms with Crippen LogP contribution in [-0.2, 0) is 9.59 Å². The summed E-state index contributed by atoms with van der Waals surface area (Å²) < 4.78 is 5.69. The van der Waals surface area contributed by atoms with Crippen LogP contribution < -0.4 is 15.4 Å². The zero-order valence-corrected chi connectivity index (χ0v) is 15.8. The molecule has 9 nitrogen and oxygen atoms in total. The van der Waals surface area contributed by atoms with Gasteiger partial charge in [-0.3, -0.25) is 19.7 Å². The Kier molecular flexibility index (Phi) is 4.49. The Morgan fingerprint density at radius 2 is 2.07 bits per heavy atom. The Labute approximate surface area is 162 Å². The maximum Gasteiger partial charge on any atom is 0.278 e.